The minimum Gasteiger partial charge on any atom is -0.383 e. The van der Waals surface area contributed by atoms with Crippen molar-refractivity contribution in [2.75, 3.05) is 6.54 Å². The Bertz CT molecular complexity index is 733. The largest absolute Gasteiger partial charge is 0.383 e. The summed E-state index contributed by atoms with van der Waals surface area (Å²) in [6, 6.07) is 10.1. The monoisotopic (exact) mass is 334 g/mol. The summed E-state index contributed by atoms with van der Waals surface area (Å²) in [5, 5.41) is 15.5. The number of hydrogen-bond donors (Lipinski definition) is 3. The normalized spacial score (nSPS) is 13.2. The van der Waals surface area contributed by atoms with E-state index in [1.807, 2.05) is 31.2 Å². The molecule has 3 N–H and O–H groups in total. The van der Waals surface area contributed by atoms with Crippen LogP contribution in [0, 0.1) is 18.6 Å². The Morgan fingerprint density at radius 2 is 1.92 bits per heavy atom. The lowest BCUT2D eigenvalue weighted by Crippen LogP contribution is -2.43. The van der Waals surface area contributed by atoms with E-state index in [1.54, 1.807) is 0 Å². The van der Waals surface area contributed by atoms with Crippen LogP contribution < -0.4 is 10.6 Å². The number of aryl methyl sites for hydroxylation is 1. The molecule has 0 radical (unpaired) electrons. The Balaban J connectivity index is 1.90. The lowest BCUT2D eigenvalue weighted by molar-refractivity contribution is 0.0555. The van der Waals surface area contributed by atoms with Crippen molar-refractivity contribution in [1.82, 2.24) is 10.6 Å². The molecule has 0 spiro atoms. The van der Waals surface area contributed by atoms with Gasteiger partial charge in [-0.1, -0.05) is 35.9 Å². The summed E-state index contributed by atoms with van der Waals surface area (Å²) < 4.78 is 26.7. The van der Waals surface area contributed by atoms with Gasteiger partial charge in [0.05, 0.1) is 6.54 Å². The maximum Gasteiger partial charge on any atom is 0.315 e. The average Bonchev–Trinajstić information content (AvgIpc) is 2.51. The van der Waals surface area contributed by atoms with E-state index in [-0.39, 0.29) is 12.1 Å². The van der Waals surface area contributed by atoms with Crippen molar-refractivity contribution in [2.24, 2.45) is 0 Å². The summed E-state index contributed by atoms with van der Waals surface area (Å²) in [5.74, 6) is -1.59. The second-order valence-corrected chi connectivity index (χ2v) is 5.92. The second-order valence-electron chi connectivity index (χ2n) is 5.92. The lowest BCUT2D eigenvalue weighted by atomic mass is 9.95. The molecular formula is C18H20F2N2O2. The van der Waals surface area contributed by atoms with Crippen LogP contribution in [0.1, 0.15) is 23.6 Å². The van der Waals surface area contributed by atoms with E-state index in [2.05, 4.69) is 10.6 Å². The van der Waals surface area contributed by atoms with Crippen LogP contribution in [0.3, 0.4) is 0 Å². The molecule has 2 aromatic rings. The van der Waals surface area contributed by atoms with Gasteiger partial charge in [-0.25, -0.2) is 13.6 Å². The highest BCUT2D eigenvalue weighted by Crippen LogP contribution is 2.23. The van der Waals surface area contributed by atoms with Crippen LogP contribution in [-0.4, -0.2) is 17.7 Å². The summed E-state index contributed by atoms with van der Waals surface area (Å²) in [4.78, 5) is 11.8. The Morgan fingerprint density at radius 3 is 2.58 bits per heavy atom. The molecule has 0 saturated heterocycles. The number of rotatable bonds is 5. The maximum absolute atomic E-state index is 13.7. The first-order valence-corrected chi connectivity index (χ1v) is 7.53. The molecule has 0 fully saturated rings. The van der Waals surface area contributed by atoms with Crippen molar-refractivity contribution in [3.63, 3.8) is 0 Å². The van der Waals surface area contributed by atoms with Crippen molar-refractivity contribution < 1.29 is 18.7 Å². The Hall–Kier alpha value is -2.47. The van der Waals surface area contributed by atoms with E-state index < -0.39 is 23.3 Å². The summed E-state index contributed by atoms with van der Waals surface area (Å²) >= 11 is 0. The zero-order chi connectivity index (χ0) is 17.7. The van der Waals surface area contributed by atoms with Crippen molar-refractivity contribution >= 4 is 6.03 Å². The Labute approximate surface area is 139 Å². The molecule has 0 aliphatic carbocycles. The Kier molecular flexibility index (Phi) is 5.51. The maximum atomic E-state index is 13.7. The van der Waals surface area contributed by atoms with Gasteiger partial charge in [0.15, 0.2) is 0 Å². The summed E-state index contributed by atoms with van der Waals surface area (Å²) in [5.41, 5.74) is 0.298. The van der Waals surface area contributed by atoms with E-state index in [0.717, 1.165) is 23.3 Å². The fourth-order valence-corrected chi connectivity index (χ4v) is 2.34. The quantitative estimate of drug-likeness (QED) is 0.787. The minimum atomic E-state index is -1.65. The van der Waals surface area contributed by atoms with Crippen LogP contribution in [0.4, 0.5) is 13.6 Å². The first-order chi connectivity index (χ1) is 11.3. The Morgan fingerprint density at radius 1 is 1.17 bits per heavy atom. The minimum absolute atomic E-state index is 0.0807. The van der Waals surface area contributed by atoms with Gasteiger partial charge in [0.1, 0.15) is 17.2 Å². The number of halogens is 2. The van der Waals surface area contributed by atoms with E-state index in [9.17, 15) is 18.7 Å². The summed E-state index contributed by atoms with van der Waals surface area (Å²) in [6.45, 7) is 3.43. The van der Waals surface area contributed by atoms with Crippen molar-refractivity contribution in [1.29, 1.82) is 0 Å². The van der Waals surface area contributed by atoms with Gasteiger partial charge in [-0.3, -0.25) is 0 Å². The van der Waals surface area contributed by atoms with Gasteiger partial charge in [-0.2, -0.15) is 0 Å². The first kappa shape index (κ1) is 17.9. The van der Waals surface area contributed by atoms with Gasteiger partial charge in [0.25, 0.3) is 0 Å². The third kappa shape index (κ3) is 4.76. The predicted molar refractivity (Wildman–Crippen MR) is 87.3 cm³/mol. The molecule has 0 aliphatic rings. The molecule has 2 aromatic carbocycles. The predicted octanol–water partition coefficient (Wildman–Crippen LogP) is 2.98. The first-order valence-electron chi connectivity index (χ1n) is 7.53. The lowest BCUT2D eigenvalue weighted by Gasteiger charge is -2.24. The van der Waals surface area contributed by atoms with Gasteiger partial charge in [0, 0.05) is 18.2 Å². The number of benzene rings is 2. The standard InChI is InChI=1S/C18H20F2N2O2/c1-12-4-3-5-13(8-12)10-21-17(23)22-11-18(2,24)15-7-6-14(19)9-16(15)20/h3-9,24H,10-11H2,1-2H3,(H2,21,22,23). The molecule has 4 nitrogen and oxygen atoms in total. The third-order valence-electron chi connectivity index (χ3n) is 3.64. The third-order valence-corrected chi connectivity index (χ3v) is 3.64. The number of carbonyl (C=O) groups excluding carboxylic acids is 1. The van der Waals surface area contributed by atoms with Crippen LogP contribution in [0.25, 0.3) is 0 Å². The van der Waals surface area contributed by atoms with Gasteiger partial charge in [-0.05, 0) is 25.5 Å². The van der Waals surface area contributed by atoms with Crippen LogP contribution in [0.5, 0.6) is 0 Å². The molecule has 0 aliphatic heterocycles. The fourth-order valence-electron chi connectivity index (χ4n) is 2.34. The molecule has 2 rings (SSSR count). The molecule has 0 saturated carbocycles. The number of aliphatic hydroxyl groups is 1. The summed E-state index contributed by atoms with van der Waals surface area (Å²) in [6.07, 6.45) is 0. The zero-order valence-corrected chi connectivity index (χ0v) is 13.6. The topological polar surface area (TPSA) is 61.4 Å². The highest BCUT2D eigenvalue weighted by molar-refractivity contribution is 5.73. The highest BCUT2D eigenvalue weighted by Gasteiger charge is 2.27. The van der Waals surface area contributed by atoms with Crippen molar-refractivity contribution in [3.05, 3.63) is 70.8 Å². The molecule has 1 unspecified atom stereocenters. The van der Waals surface area contributed by atoms with E-state index in [0.29, 0.717) is 12.6 Å². The van der Waals surface area contributed by atoms with Gasteiger partial charge >= 0.3 is 6.03 Å². The number of nitrogens with one attached hydrogen (secondary N) is 2. The fraction of sp³-hybridized carbons (Fsp3) is 0.278. The molecule has 128 valence electrons. The molecule has 0 aromatic heterocycles. The molecule has 6 heteroatoms. The number of hydrogen-bond acceptors (Lipinski definition) is 2. The van der Waals surface area contributed by atoms with Crippen LogP contribution in [0.2, 0.25) is 0 Å². The smallest absolute Gasteiger partial charge is 0.315 e. The van der Waals surface area contributed by atoms with Crippen molar-refractivity contribution in [3.8, 4) is 0 Å². The molecular weight excluding hydrogens is 314 g/mol. The molecule has 24 heavy (non-hydrogen) atoms. The number of amides is 2. The highest BCUT2D eigenvalue weighted by atomic mass is 19.1. The van der Waals surface area contributed by atoms with E-state index in [1.165, 1.54) is 6.92 Å². The average molecular weight is 334 g/mol. The molecule has 2 amide bonds. The summed E-state index contributed by atoms with van der Waals surface area (Å²) in [7, 11) is 0. The van der Waals surface area contributed by atoms with Gasteiger partial charge in [0.2, 0.25) is 0 Å². The zero-order valence-electron chi connectivity index (χ0n) is 13.6. The van der Waals surface area contributed by atoms with Crippen LogP contribution in [-0.2, 0) is 12.1 Å². The molecule has 1 atom stereocenters. The SMILES string of the molecule is Cc1cccc(CNC(=O)NCC(C)(O)c2ccc(F)cc2F)c1. The van der Waals surface area contributed by atoms with Gasteiger partial charge in [-0.15, -0.1) is 0 Å². The van der Waals surface area contributed by atoms with Crippen molar-refractivity contribution in [2.45, 2.75) is 26.0 Å². The number of urea groups is 1. The van der Waals surface area contributed by atoms with E-state index >= 15 is 0 Å². The number of carbonyl (C=O) groups is 1. The molecule has 0 heterocycles. The van der Waals surface area contributed by atoms with Crippen LogP contribution in [0.15, 0.2) is 42.5 Å². The van der Waals surface area contributed by atoms with E-state index in [4.69, 9.17) is 0 Å². The van der Waals surface area contributed by atoms with Crippen LogP contribution >= 0.6 is 0 Å². The molecule has 0 bridgehead atoms. The second kappa shape index (κ2) is 7.40. The van der Waals surface area contributed by atoms with Gasteiger partial charge < -0.3 is 15.7 Å².